The third-order valence-corrected chi connectivity index (χ3v) is 0.853. The second kappa shape index (κ2) is 9.39. The summed E-state index contributed by atoms with van der Waals surface area (Å²) in [5.74, 6) is 0. The third-order valence-electron chi connectivity index (χ3n) is 0.853. The first-order chi connectivity index (χ1) is 4.91. The van der Waals surface area contributed by atoms with Crippen LogP contribution in [0.3, 0.4) is 0 Å². The molecular formula is C2H4B8. The van der Waals surface area contributed by atoms with Crippen molar-refractivity contribution >= 4 is 63.6 Å². The topological polar surface area (TPSA) is 0 Å². The van der Waals surface area contributed by atoms with Crippen molar-refractivity contribution in [3.63, 3.8) is 0 Å². The van der Waals surface area contributed by atoms with Crippen LogP contribution in [0.15, 0.2) is 0 Å². The molecule has 8 heteroatoms. The van der Waals surface area contributed by atoms with Crippen LogP contribution in [0.4, 0.5) is 0 Å². The summed E-state index contributed by atoms with van der Waals surface area (Å²) in [6.07, 6.45) is 0.593. The van der Waals surface area contributed by atoms with Crippen LogP contribution in [0.2, 0.25) is 6.22 Å². The van der Waals surface area contributed by atoms with Gasteiger partial charge in [-0.25, -0.2) is 0 Å². The van der Waals surface area contributed by atoms with E-state index < -0.39 is 0 Å². The molecule has 0 aliphatic heterocycles. The number of hydrogen-bond donors (Lipinski definition) is 0. The predicted octanol–water partition coefficient (Wildman–Crippen LogP) is -2.62. The van der Waals surface area contributed by atoms with Gasteiger partial charge in [-0.1, -0.05) is 0 Å². The molecule has 0 amide bonds. The van der Waals surface area contributed by atoms with Crippen molar-refractivity contribution in [2.24, 2.45) is 0 Å². The minimum absolute atomic E-state index is 0.593. The molecule has 0 aliphatic carbocycles. The predicted molar refractivity (Wildman–Crippen MR) is 58.0 cm³/mol. The van der Waals surface area contributed by atoms with Crippen molar-refractivity contribution in [3.8, 4) is 0 Å². The molecule has 0 heterocycles. The van der Waals surface area contributed by atoms with E-state index in [1.54, 1.807) is 6.81 Å². The molecule has 0 bridgehead atoms. The molecule has 0 spiro atoms. The molecule has 0 aromatic rings. The van der Waals surface area contributed by atoms with E-state index in [1.807, 2.05) is 42.5 Å². The molecule has 0 N–H and O–H groups in total. The summed E-state index contributed by atoms with van der Waals surface area (Å²) < 4.78 is 0. The summed E-state index contributed by atoms with van der Waals surface area (Å²) in [4.78, 5) is 0. The van der Waals surface area contributed by atoms with E-state index in [0.29, 0.717) is 6.22 Å². The first kappa shape index (κ1) is 10.4. The molecule has 0 aliphatic rings. The van der Waals surface area contributed by atoms with Crippen molar-refractivity contribution < 1.29 is 0 Å². The maximum atomic E-state index is 5.21. The Morgan fingerprint density at radius 3 is 2.20 bits per heavy atom. The van der Waals surface area contributed by atoms with Crippen LogP contribution >= 0.6 is 0 Å². The van der Waals surface area contributed by atoms with Crippen molar-refractivity contribution in [2.75, 3.05) is 0 Å². The van der Waals surface area contributed by atoms with Gasteiger partial charge in [-0.2, -0.15) is 0 Å². The molecule has 0 fully saturated rings. The molecule has 8 radical (unpaired) electrons. The summed E-state index contributed by atoms with van der Waals surface area (Å²) in [6.45, 7) is 5.27. The quantitative estimate of drug-likeness (QED) is 0.251. The van der Waals surface area contributed by atoms with Crippen LogP contribution in [-0.4, -0.2) is 63.6 Å². The van der Waals surface area contributed by atoms with Gasteiger partial charge in [-0.3, -0.25) is 0 Å². The van der Waals surface area contributed by atoms with E-state index in [2.05, 4.69) is 6.47 Å². The van der Waals surface area contributed by atoms with E-state index in [9.17, 15) is 0 Å². The van der Waals surface area contributed by atoms with E-state index in [1.165, 1.54) is 0 Å². The van der Waals surface area contributed by atoms with Crippen molar-refractivity contribution in [2.45, 2.75) is 6.22 Å². The normalized spacial score (nSPS) is 6.80. The Kier molecular flexibility index (Phi) is 9.76. The molecule has 0 saturated carbocycles. The fourth-order valence-electron chi connectivity index (χ4n) is 0.428. The number of hydrogen-bond acceptors (Lipinski definition) is 0. The molecule has 0 aromatic heterocycles. The van der Waals surface area contributed by atoms with Crippen LogP contribution in [0.25, 0.3) is 0 Å². The van der Waals surface area contributed by atoms with E-state index in [0.717, 1.165) is 0 Å². The van der Waals surface area contributed by atoms with Gasteiger partial charge in [-0.15, -0.1) is 0 Å². The summed E-state index contributed by atoms with van der Waals surface area (Å²) in [5.41, 5.74) is 0. The Bertz CT molecular complexity index is 71.7. The molecule has 10 heavy (non-hydrogen) atoms. The molecule has 36 valence electrons. The minimum atomic E-state index is 0.593. The monoisotopic (exact) mass is 116 g/mol. The van der Waals surface area contributed by atoms with Gasteiger partial charge in [-0.05, 0) is 0 Å². The molecular weight excluding hydrogens is 111 g/mol. The van der Waals surface area contributed by atoms with Gasteiger partial charge in [0.25, 0.3) is 0 Å². The van der Waals surface area contributed by atoms with Crippen molar-refractivity contribution in [1.29, 1.82) is 0 Å². The Morgan fingerprint density at radius 2 is 1.60 bits per heavy atom. The standard InChI is InChI=1S/C2H4B8/c1-4-6-8-10-9-7-5-2-3/h1-2H2. The van der Waals surface area contributed by atoms with Crippen LogP contribution in [0, 0.1) is 0 Å². The van der Waals surface area contributed by atoms with Gasteiger partial charge in [0, 0.05) is 0 Å². The zero-order chi connectivity index (χ0) is 7.66. The summed E-state index contributed by atoms with van der Waals surface area (Å²) >= 11 is 0. The molecule has 0 saturated heterocycles. The molecule has 0 rings (SSSR count). The average Bonchev–Trinajstić information content (AvgIpc) is 1.97. The van der Waals surface area contributed by atoms with Gasteiger partial charge in [0.05, 0.1) is 0 Å². The Hall–Kier alpha value is 0.389. The Morgan fingerprint density at radius 1 is 1.00 bits per heavy atom. The second-order valence-electron chi connectivity index (χ2n) is 1.67. The maximum absolute atomic E-state index is 5.21. The SMILES string of the molecule is [B]C[B][B][B][B][B][B]B=C. The molecule has 0 unspecified atom stereocenters. The summed E-state index contributed by atoms with van der Waals surface area (Å²) in [5, 5.41) is 0. The molecule has 0 aromatic carbocycles. The molecule has 0 atom stereocenters. The van der Waals surface area contributed by atoms with E-state index >= 15 is 0 Å². The first-order valence-electron chi connectivity index (χ1n) is 3.22. The van der Waals surface area contributed by atoms with Crippen LogP contribution in [-0.2, 0) is 0 Å². The van der Waals surface area contributed by atoms with Crippen LogP contribution < -0.4 is 0 Å². The summed E-state index contributed by atoms with van der Waals surface area (Å²) in [7, 11) is 16.6. The van der Waals surface area contributed by atoms with Gasteiger partial charge in [0.1, 0.15) is 0 Å². The van der Waals surface area contributed by atoms with Crippen LogP contribution in [0.1, 0.15) is 0 Å². The first-order valence-corrected chi connectivity index (χ1v) is 3.22. The summed E-state index contributed by atoms with van der Waals surface area (Å²) in [6, 6.07) is 0. The van der Waals surface area contributed by atoms with Gasteiger partial charge >= 0.3 is 69.8 Å². The fraction of sp³-hybridized carbons (Fsp3) is 0.500. The van der Waals surface area contributed by atoms with Gasteiger partial charge < -0.3 is 0 Å². The van der Waals surface area contributed by atoms with Crippen LogP contribution in [0.5, 0.6) is 0 Å². The van der Waals surface area contributed by atoms with Crippen molar-refractivity contribution in [1.82, 2.24) is 0 Å². The van der Waals surface area contributed by atoms with Gasteiger partial charge in [0.15, 0.2) is 0 Å². The van der Waals surface area contributed by atoms with E-state index in [4.69, 9.17) is 7.85 Å². The Labute approximate surface area is 70.4 Å². The third kappa shape index (κ3) is 8.39. The number of rotatable bonds is 7. The Balaban J connectivity index is 2.70. The van der Waals surface area contributed by atoms with Gasteiger partial charge in [0.2, 0.25) is 0 Å². The zero-order valence-electron chi connectivity index (χ0n) is 6.03. The average molecular weight is 115 g/mol. The molecule has 0 nitrogen and oxygen atoms in total. The fourth-order valence-corrected chi connectivity index (χ4v) is 0.428. The zero-order valence-corrected chi connectivity index (χ0v) is 6.03. The second-order valence-corrected chi connectivity index (χ2v) is 1.67. The van der Waals surface area contributed by atoms with E-state index in [-0.39, 0.29) is 0 Å². The van der Waals surface area contributed by atoms with Crippen molar-refractivity contribution in [3.05, 3.63) is 0 Å².